The minimum absolute atomic E-state index is 0. The van der Waals surface area contributed by atoms with Crippen LogP contribution in [0.4, 0.5) is 0 Å². The van der Waals surface area contributed by atoms with Crippen molar-refractivity contribution in [3.63, 3.8) is 0 Å². The van der Waals surface area contributed by atoms with E-state index in [1.807, 2.05) is 18.7 Å². The molecular formula is C21H33IN6O. The van der Waals surface area contributed by atoms with Crippen LogP contribution >= 0.6 is 24.0 Å². The molecule has 29 heavy (non-hydrogen) atoms. The molecule has 0 spiro atoms. The highest BCUT2D eigenvalue weighted by Gasteiger charge is 2.13. The van der Waals surface area contributed by atoms with E-state index in [0.29, 0.717) is 6.54 Å². The molecule has 1 aliphatic heterocycles. The molecule has 1 aliphatic rings. The average Bonchev–Trinajstić information content (AvgIpc) is 2.95. The second-order valence-electron chi connectivity index (χ2n) is 7.21. The molecule has 1 aromatic carbocycles. The van der Waals surface area contributed by atoms with Crippen LogP contribution in [-0.2, 0) is 31.4 Å². The summed E-state index contributed by atoms with van der Waals surface area (Å²) in [6.45, 7) is 10.2. The lowest BCUT2D eigenvalue weighted by Crippen LogP contribution is -2.37. The van der Waals surface area contributed by atoms with Gasteiger partial charge < -0.3 is 15.4 Å². The van der Waals surface area contributed by atoms with E-state index in [1.165, 1.54) is 22.4 Å². The van der Waals surface area contributed by atoms with Crippen LogP contribution in [0, 0.1) is 13.8 Å². The summed E-state index contributed by atoms with van der Waals surface area (Å²) in [6.07, 6.45) is 0. The fourth-order valence-electron chi connectivity index (χ4n) is 3.53. The van der Waals surface area contributed by atoms with Gasteiger partial charge in [-0.05, 0) is 25.0 Å². The van der Waals surface area contributed by atoms with Crippen molar-refractivity contribution < 1.29 is 4.74 Å². The van der Waals surface area contributed by atoms with Gasteiger partial charge in [-0.2, -0.15) is 5.10 Å². The van der Waals surface area contributed by atoms with Gasteiger partial charge in [0.1, 0.15) is 0 Å². The first-order valence-corrected chi connectivity index (χ1v) is 9.89. The third-order valence-corrected chi connectivity index (χ3v) is 5.38. The zero-order valence-electron chi connectivity index (χ0n) is 17.9. The molecule has 0 aliphatic carbocycles. The summed E-state index contributed by atoms with van der Waals surface area (Å²) in [4.78, 5) is 6.82. The number of benzene rings is 1. The number of nitrogens with zero attached hydrogens (tertiary/aromatic N) is 4. The molecule has 1 aromatic heterocycles. The van der Waals surface area contributed by atoms with Gasteiger partial charge in [-0.15, -0.1) is 24.0 Å². The summed E-state index contributed by atoms with van der Waals surface area (Å²) in [5, 5.41) is 11.3. The predicted molar refractivity (Wildman–Crippen MR) is 128 cm³/mol. The highest BCUT2D eigenvalue weighted by atomic mass is 127. The van der Waals surface area contributed by atoms with Gasteiger partial charge in [0.25, 0.3) is 0 Å². The number of aromatic nitrogens is 2. The van der Waals surface area contributed by atoms with Gasteiger partial charge in [0.05, 0.1) is 18.9 Å². The summed E-state index contributed by atoms with van der Waals surface area (Å²) in [5.41, 5.74) is 6.10. The fraction of sp³-hybridized carbons (Fsp3) is 0.524. The van der Waals surface area contributed by atoms with Crippen molar-refractivity contribution in [3.8, 4) is 0 Å². The average molecular weight is 512 g/mol. The lowest BCUT2D eigenvalue weighted by Gasteiger charge is -2.27. The van der Waals surface area contributed by atoms with Crippen molar-refractivity contribution >= 4 is 29.9 Å². The third kappa shape index (κ3) is 6.42. The Kier molecular flexibility index (Phi) is 9.38. The van der Waals surface area contributed by atoms with Gasteiger partial charge in [0.15, 0.2) is 5.96 Å². The second-order valence-corrected chi connectivity index (χ2v) is 7.21. The van der Waals surface area contributed by atoms with Crippen molar-refractivity contribution in [2.24, 2.45) is 12.0 Å². The van der Waals surface area contributed by atoms with E-state index in [2.05, 4.69) is 56.8 Å². The van der Waals surface area contributed by atoms with E-state index in [-0.39, 0.29) is 24.0 Å². The number of guanidine groups is 1. The Hall–Kier alpha value is -1.65. The molecule has 8 heteroatoms. The van der Waals surface area contributed by atoms with Crippen molar-refractivity contribution in [1.82, 2.24) is 25.3 Å². The molecule has 2 aromatic rings. The Morgan fingerprint density at radius 1 is 1.10 bits per heavy atom. The molecule has 1 saturated heterocycles. The van der Waals surface area contributed by atoms with E-state index in [1.54, 1.807) is 7.05 Å². The highest BCUT2D eigenvalue weighted by molar-refractivity contribution is 14.0. The molecule has 3 rings (SSSR count). The monoisotopic (exact) mass is 512 g/mol. The predicted octanol–water partition coefficient (Wildman–Crippen LogP) is 2.35. The number of hydrogen-bond donors (Lipinski definition) is 2. The lowest BCUT2D eigenvalue weighted by atomic mass is 10.1. The Morgan fingerprint density at radius 3 is 2.38 bits per heavy atom. The Morgan fingerprint density at radius 2 is 1.76 bits per heavy atom. The van der Waals surface area contributed by atoms with Gasteiger partial charge in [0, 0.05) is 58.1 Å². The normalized spacial score (nSPS) is 15.1. The number of morpholine rings is 1. The molecular weight excluding hydrogens is 479 g/mol. The van der Waals surface area contributed by atoms with E-state index in [0.717, 1.165) is 51.0 Å². The molecule has 160 valence electrons. The first-order valence-electron chi connectivity index (χ1n) is 9.89. The lowest BCUT2D eigenvalue weighted by molar-refractivity contribution is 0.0341. The number of rotatable bonds is 6. The van der Waals surface area contributed by atoms with Crippen molar-refractivity contribution in [2.45, 2.75) is 33.5 Å². The minimum atomic E-state index is 0. The van der Waals surface area contributed by atoms with E-state index < -0.39 is 0 Å². The number of ether oxygens (including phenoxy) is 1. The smallest absolute Gasteiger partial charge is 0.191 e. The topological polar surface area (TPSA) is 66.7 Å². The standard InChI is InChI=1S/C21H32N6O.HI/c1-16-20(17(2)26(4)25-16)14-24-21(22-3)23-13-18-7-5-6-8-19(18)15-27-9-11-28-12-10-27;/h5-8H,9-15H2,1-4H3,(H2,22,23,24);1H. The van der Waals surface area contributed by atoms with Gasteiger partial charge in [0.2, 0.25) is 0 Å². The van der Waals surface area contributed by atoms with Crippen molar-refractivity contribution in [2.75, 3.05) is 33.4 Å². The maximum atomic E-state index is 5.46. The maximum Gasteiger partial charge on any atom is 0.191 e. The summed E-state index contributed by atoms with van der Waals surface area (Å²) < 4.78 is 7.38. The second kappa shape index (κ2) is 11.5. The summed E-state index contributed by atoms with van der Waals surface area (Å²) in [5.74, 6) is 0.795. The first-order chi connectivity index (χ1) is 13.6. The van der Waals surface area contributed by atoms with Crippen molar-refractivity contribution in [3.05, 3.63) is 52.3 Å². The number of aliphatic imine (C=N–C) groups is 1. The fourth-order valence-corrected chi connectivity index (χ4v) is 3.53. The molecule has 7 nitrogen and oxygen atoms in total. The SMILES string of the molecule is CN=C(NCc1ccccc1CN1CCOCC1)NCc1c(C)nn(C)c1C.I. The Labute approximate surface area is 190 Å². The van der Waals surface area contributed by atoms with Crippen LogP contribution < -0.4 is 10.6 Å². The number of nitrogens with one attached hydrogen (secondary N) is 2. The van der Waals surface area contributed by atoms with Gasteiger partial charge in [-0.1, -0.05) is 24.3 Å². The molecule has 0 saturated carbocycles. The zero-order chi connectivity index (χ0) is 19.9. The van der Waals surface area contributed by atoms with E-state index >= 15 is 0 Å². The van der Waals surface area contributed by atoms with Crippen LogP contribution in [0.5, 0.6) is 0 Å². The quantitative estimate of drug-likeness (QED) is 0.354. The Bertz CT molecular complexity index is 813. The van der Waals surface area contributed by atoms with Crippen LogP contribution in [-0.4, -0.2) is 54.0 Å². The molecule has 2 N–H and O–H groups in total. The van der Waals surface area contributed by atoms with E-state index in [9.17, 15) is 0 Å². The Balaban J connectivity index is 0.00000300. The van der Waals surface area contributed by atoms with Crippen molar-refractivity contribution in [1.29, 1.82) is 0 Å². The number of aryl methyl sites for hydroxylation is 2. The maximum absolute atomic E-state index is 5.46. The first kappa shape index (κ1) is 23.6. The number of halogens is 1. The minimum Gasteiger partial charge on any atom is -0.379 e. The van der Waals surface area contributed by atoms with Gasteiger partial charge in [-0.3, -0.25) is 14.6 Å². The zero-order valence-corrected chi connectivity index (χ0v) is 20.2. The summed E-state index contributed by atoms with van der Waals surface area (Å²) in [7, 11) is 3.78. The van der Waals surface area contributed by atoms with Gasteiger partial charge >= 0.3 is 0 Å². The molecule has 0 atom stereocenters. The molecule has 2 heterocycles. The van der Waals surface area contributed by atoms with Crippen LogP contribution in [0.2, 0.25) is 0 Å². The van der Waals surface area contributed by atoms with Gasteiger partial charge in [-0.25, -0.2) is 0 Å². The highest BCUT2D eigenvalue weighted by Crippen LogP contribution is 2.13. The van der Waals surface area contributed by atoms with Crippen LogP contribution in [0.3, 0.4) is 0 Å². The molecule has 1 fully saturated rings. The molecule has 0 unspecified atom stereocenters. The number of hydrogen-bond acceptors (Lipinski definition) is 4. The van der Waals surface area contributed by atoms with E-state index in [4.69, 9.17) is 4.74 Å². The summed E-state index contributed by atoms with van der Waals surface area (Å²) >= 11 is 0. The van der Waals surface area contributed by atoms with Crippen LogP contribution in [0.1, 0.15) is 28.1 Å². The van der Waals surface area contributed by atoms with Crippen LogP contribution in [0.15, 0.2) is 29.3 Å². The molecule has 0 radical (unpaired) electrons. The summed E-state index contributed by atoms with van der Waals surface area (Å²) in [6, 6.07) is 8.61. The molecule has 0 bridgehead atoms. The van der Waals surface area contributed by atoms with Crippen LogP contribution in [0.25, 0.3) is 0 Å². The molecule has 0 amide bonds. The largest absolute Gasteiger partial charge is 0.379 e. The third-order valence-electron chi connectivity index (χ3n) is 5.38.